The summed E-state index contributed by atoms with van der Waals surface area (Å²) in [7, 11) is -5.64. The molecule has 0 saturated heterocycles. The summed E-state index contributed by atoms with van der Waals surface area (Å²) in [5.74, 6) is -0.0942. The molecule has 0 unspecified atom stereocenters. The lowest BCUT2D eigenvalue weighted by Crippen LogP contribution is -2.42. The third kappa shape index (κ3) is 1.91. The van der Waals surface area contributed by atoms with Crippen molar-refractivity contribution in [1.82, 2.24) is 0 Å². The minimum atomic E-state index is -5.64. The second-order valence-electron chi connectivity index (χ2n) is 5.83. The van der Waals surface area contributed by atoms with Crippen molar-refractivity contribution >= 4 is 15.9 Å². The molecular weight excluding hydrogens is 285 g/mol. The van der Waals surface area contributed by atoms with Gasteiger partial charge in [0.2, 0.25) is 0 Å². The summed E-state index contributed by atoms with van der Waals surface area (Å²) >= 11 is 0. The summed E-state index contributed by atoms with van der Waals surface area (Å²) in [4.78, 5) is 12.0. The van der Waals surface area contributed by atoms with E-state index < -0.39 is 33.1 Å². The zero-order chi connectivity index (χ0) is 14.7. The topological polar surface area (TPSA) is 60.4 Å². The smallest absolute Gasteiger partial charge is 0.299 e. The van der Waals surface area contributed by atoms with E-state index in [4.69, 9.17) is 0 Å². The summed E-state index contributed by atoms with van der Waals surface area (Å²) in [5.41, 5.74) is -7.07. The van der Waals surface area contributed by atoms with Crippen LogP contribution in [0.15, 0.2) is 0 Å². The lowest BCUT2D eigenvalue weighted by Gasteiger charge is -2.35. The van der Waals surface area contributed by atoms with E-state index in [9.17, 15) is 26.4 Å². The molecule has 19 heavy (non-hydrogen) atoms. The maximum absolute atomic E-state index is 12.2. The summed E-state index contributed by atoms with van der Waals surface area (Å²) in [6.07, 6.45) is 1.40. The van der Waals surface area contributed by atoms with Crippen molar-refractivity contribution in [2.45, 2.75) is 38.6 Å². The van der Waals surface area contributed by atoms with E-state index in [1.54, 1.807) is 13.8 Å². The quantitative estimate of drug-likeness (QED) is 0.592. The second kappa shape index (κ2) is 3.94. The zero-order valence-electron chi connectivity index (χ0n) is 10.6. The maximum Gasteiger partial charge on any atom is 0.523 e. The van der Waals surface area contributed by atoms with Gasteiger partial charge in [-0.3, -0.25) is 8.98 Å². The summed E-state index contributed by atoms with van der Waals surface area (Å²) < 4.78 is 62.7. The summed E-state index contributed by atoms with van der Waals surface area (Å²) in [5, 5.41) is 0. The van der Waals surface area contributed by atoms with Gasteiger partial charge in [0.15, 0.2) is 0 Å². The van der Waals surface area contributed by atoms with Crippen molar-refractivity contribution in [3.63, 3.8) is 0 Å². The monoisotopic (exact) mass is 300 g/mol. The number of carbonyl (C=O) groups excluding carboxylic acids is 1. The van der Waals surface area contributed by atoms with Gasteiger partial charge in [-0.05, 0) is 24.2 Å². The molecule has 0 aromatic rings. The number of Topliss-reactive ketones (excluding diaryl/α,β-unsaturated/α-hetero) is 1. The molecule has 8 heteroatoms. The number of halogens is 3. The number of hydrogen-bond donors (Lipinski definition) is 0. The highest BCUT2D eigenvalue weighted by Crippen LogP contribution is 2.64. The Balaban J connectivity index is 2.22. The molecule has 0 aromatic heterocycles. The van der Waals surface area contributed by atoms with Crippen molar-refractivity contribution in [3.05, 3.63) is 0 Å². The molecule has 2 fully saturated rings. The van der Waals surface area contributed by atoms with E-state index in [2.05, 4.69) is 4.18 Å². The Morgan fingerprint density at radius 3 is 2.32 bits per heavy atom. The highest BCUT2D eigenvalue weighted by molar-refractivity contribution is 7.87. The Morgan fingerprint density at radius 2 is 1.95 bits per heavy atom. The third-order valence-electron chi connectivity index (χ3n) is 4.88. The first-order chi connectivity index (χ1) is 8.44. The molecule has 4 nitrogen and oxygen atoms in total. The second-order valence-corrected chi connectivity index (χ2v) is 7.44. The fraction of sp³-hybridized carbons (Fsp3) is 0.909. The molecule has 2 rings (SSSR count). The Bertz CT molecular complexity index is 509. The van der Waals surface area contributed by atoms with Crippen LogP contribution in [0.4, 0.5) is 13.2 Å². The van der Waals surface area contributed by atoms with E-state index in [1.165, 1.54) is 0 Å². The van der Waals surface area contributed by atoms with Gasteiger partial charge in [0.25, 0.3) is 0 Å². The van der Waals surface area contributed by atoms with Gasteiger partial charge in [-0.25, -0.2) is 0 Å². The van der Waals surface area contributed by atoms with Crippen LogP contribution in [0.2, 0.25) is 0 Å². The highest BCUT2D eigenvalue weighted by Gasteiger charge is 2.65. The molecule has 0 aliphatic heterocycles. The largest absolute Gasteiger partial charge is 0.523 e. The Kier molecular flexibility index (Phi) is 3.06. The minimum absolute atomic E-state index is 0.0946. The van der Waals surface area contributed by atoms with Gasteiger partial charge in [-0.1, -0.05) is 13.8 Å². The molecule has 2 aliphatic rings. The number of hydrogen-bond acceptors (Lipinski definition) is 4. The molecule has 110 valence electrons. The molecule has 0 aromatic carbocycles. The Hall–Kier alpha value is -0.630. The highest BCUT2D eigenvalue weighted by atomic mass is 32.2. The van der Waals surface area contributed by atoms with E-state index in [-0.39, 0.29) is 11.7 Å². The average Bonchev–Trinajstić information content (AvgIpc) is 2.58. The first-order valence-electron chi connectivity index (χ1n) is 5.93. The van der Waals surface area contributed by atoms with E-state index in [1.807, 2.05) is 0 Å². The van der Waals surface area contributed by atoms with Gasteiger partial charge in [0.05, 0.1) is 12.0 Å². The number of carbonyl (C=O) groups is 1. The molecule has 2 atom stereocenters. The minimum Gasteiger partial charge on any atom is -0.299 e. The molecule has 2 saturated carbocycles. The molecule has 2 bridgehead atoms. The van der Waals surface area contributed by atoms with Crippen molar-refractivity contribution in [1.29, 1.82) is 0 Å². The van der Waals surface area contributed by atoms with Gasteiger partial charge in [-0.15, -0.1) is 0 Å². The van der Waals surface area contributed by atoms with E-state index in [0.29, 0.717) is 19.3 Å². The van der Waals surface area contributed by atoms with Gasteiger partial charge < -0.3 is 0 Å². The van der Waals surface area contributed by atoms with Crippen molar-refractivity contribution in [2.24, 2.45) is 16.7 Å². The lowest BCUT2D eigenvalue weighted by molar-refractivity contribution is -0.132. The molecule has 0 heterocycles. The first kappa shape index (κ1) is 14.8. The molecule has 0 radical (unpaired) electrons. The van der Waals surface area contributed by atoms with Crippen LogP contribution < -0.4 is 0 Å². The third-order valence-corrected chi connectivity index (χ3v) is 5.88. The Morgan fingerprint density at radius 1 is 1.37 bits per heavy atom. The predicted molar refractivity (Wildman–Crippen MR) is 59.5 cm³/mol. The zero-order valence-corrected chi connectivity index (χ0v) is 11.4. The number of rotatable bonds is 3. The summed E-state index contributed by atoms with van der Waals surface area (Å²) in [6.45, 7) is 2.87. The molecule has 0 amide bonds. The fourth-order valence-electron chi connectivity index (χ4n) is 3.35. The van der Waals surface area contributed by atoms with Crippen LogP contribution in [0, 0.1) is 16.7 Å². The van der Waals surface area contributed by atoms with Crippen molar-refractivity contribution in [3.8, 4) is 0 Å². The molecular formula is C11H15F3O4S. The van der Waals surface area contributed by atoms with Crippen LogP contribution in [-0.2, 0) is 19.1 Å². The average molecular weight is 300 g/mol. The normalized spacial score (nSPS) is 33.9. The van der Waals surface area contributed by atoms with Crippen LogP contribution in [-0.4, -0.2) is 26.3 Å². The van der Waals surface area contributed by atoms with Crippen LogP contribution >= 0.6 is 0 Å². The first-order valence-corrected chi connectivity index (χ1v) is 7.34. The molecule has 0 N–H and O–H groups in total. The van der Waals surface area contributed by atoms with Crippen LogP contribution in [0.5, 0.6) is 0 Å². The van der Waals surface area contributed by atoms with Crippen LogP contribution in [0.25, 0.3) is 0 Å². The van der Waals surface area contributed by atoms with Crippen molar-refractivity contribution in [2.75, 3.05) is 6.61 Å². The predicted octanol–water partition coefficient (Wildman–Crippen LogP) is 2.25. The molecule has 2 aliphatic carbocycles. The number of ketones is 1. The van der Waals surface area contributed by atoms with Gasteiger partial charge in [-0.2, -0.15) is 21.6 Å². The molecule has 0 spiro atoms. The SMILES string of the molecule is CC1(C)[C@@H]2CC[C@@]1(COS(=O)(=O)C(F)(F)F)C(=O)C2. The van der Waals surface area contributed by atoms with Crippen molar-refractivity contribution < 1.29 is 30.6 Å². The van der Waals surface area contributed by atoms with Crippen LogP contribution in [0.1, 0.15) is 33.1 Å². The number of fused-ring (bicyclic) bond motifs is 2. The fourth-order valence-corrected chi connectivity index (χ4v) is 3.84. The standard InChI is InChI=1S/C11H15F3O4S/c1-9(2)7-3-4-10(9,8(15)5-7)6-18-19(16,17)11(12,13)14/h7H,3-6H2,1-2H3/t7-,10-/m1/s1. The van der Waals surface area contributed by atoms with Crippen LogP contribution in [0.3, 0.4) is 0 Å². The van der Waals surface area contributed by atoms with E-state index in [0.717, 1.165) is 0 Å². The Labute approximate surface area is 109 Å². The van der Waals surface area contributed by atoms with E-state index >= 15 is 0 Å². The lowest BCUT2D eigenvalue weighted by atomic mass is 9.69. The van der Waals surface area contributed by atoms with Gasteiger partial charge in [0, 0.05) is 6.42 Å². The maximum atomic E-state index is 12.2. The summed E-state index contributed by atoms with van der Waals surface area (Å²) in [6, 6.07) is 0. The number of alkyl halides is 3. The van der Waals surface area contributed by atoms with Gasteiger partial charge >= 0.3 is 15.6 Å². The van der Waals surface area contributed by atoms with Gasteiger partial charge in [0.1, 0.15) is 5.78 Å².